The molecule has 6 rings (SSSR count). The minimum atomic E-state index is -2.82. The SMILES string of the molecule is CN(C(=O)C1CC1)N(Cc1ccc(-c2ccn(C(F)F)n2)cc1F)C(=O)c1ccc2nc(N)c3cnn(C)c3c2c1. The Balaban J connectivity index is 1.36. The Hall–Kier alpha value is -4.94. The molecule has 0 saturated heterocycles. The molecule has 10 nitrogen and oxygen atoms in total. The minimum Gasteiger partial charge on any atom is -0.383 e. The fraction of sp³-hybridized carbons (Fsp3) is 0.250. The van der Waals surface area contributed by atoms with Gasteiger partial charge in [-0.15, -0.1) is 0 Å². The molecule has 1 aliphatic rings. The Morgan fingerprint density at radius 3 is 2.59 bits per heavy atom. The average molecular weight is 563 g/mol. The Morgan fingerprint density at radius 1 is 1.12 bits per heavy atom. The van der Waals surface area contributed by atoms with Gasteiger partial charge in [-0.25, -0.2) is 19.1 Å². The van der Waals surface area contributed by atoms with Gasteiger partial charge in [-0.2, -0.15) is 19.0 Å². The number of alkyl halides is 2. The van der Waals surface area contributed by atoms with E-state index in [1.165, 1.54) is 41.3 Å². The molecule has 2 N–H and O–H groups in total. The summed E-state index contributed by atoms with van der Waals surface area (Å²) in [6.07, 6.45) is 4.16. The van der Waals surface area contributed by atoms with E-state index in [9.17, 15) is 18.4 Å². The van der Waals surface area contributed by atoms with Crippen molar-refractivity contribution in [3.8, 4) is 11.3 Å². The van der Waals surface area contributed by atoms with Crippen LogP contribution in [0, 0.1) is 11.7 Å². The smallest absolute Gasteiger partial charge is 0.333 e. The van der Waals surface area contributed by atoms with Crippen LogP contribution in [0.4, 0.5) is 19.0 Å². The van der Waals surface area contributed by atoms with Crippen molar-refractivity contribution < 1.29 is 22.8 Å². The van der Waals surface area contributed by atoms with Crippen molar-refractivity contribution in [3.05, 3.63) is 71.8 Å². The summed E-state index contributed by atoms with van der Waals surface area (Å²) in [4.78, 5) is 31.4. The first-order valence-corrected chi connectivity index (χ1v) is 12.8. The lowest BCUT2D eigenvalue weighted by atomic mass is 10.1. The first-order valence-electron chi connectivity index (χ1n) is 12.8. The van der Waals surface area contributed by atoms with E-state index in [0.717, 1.165) is 19.0 Å². The van der Waals surface area contributed by atoms with E-state index in [1.54, 1.807) is 36.1 Å². The second-order valence-electron chi connectivity index (χ2n) is 10.0. The number of fused-ring (bicyclic) bond motifs is 3. The number of anilines is 1. The van der Waals surface area contributed by atoms with Crippen LogP contribution in [0.25, 0.3) is 33.1 Å². The largest absolute Gasteiger partial charge is 0.383 e. The van der Waals surface area contributed by atoms with Crippen LogP contribution in [-0.4, -0.2) is 53.4 Å². The molecule has 2 amide bonds. The number of hydrogen-bond donors (Lipinski definition) is 1. The number of halogens is 3. The fourth-order valence-electron chi connectivity index (χ4n) is 4.86. The number of nitrogens with two attached hydrogens (primary N) is 1. The van der Waals surface area contributed by atoms with Crippen molar-refractivity contribution >= 4 is 39.4 Å². The van der Waals surface area contributed by atoms with E-state index in [0.29, 0.717) is 37.9 Å². The van der Waals surface area contributed by atoms with Crippen LogP contribution in [0.5, 0.6) is 0 Å². The van der Waals surface area contributed by atoms with Gasteiger partial charge in [-0.1, -0.05) is 12.1 Å². The van der Waals surface area contributed by atoms with Crippen LogP contribution in [-0.2, 0) is 18.4 Å². The predicted octanol–water partition coefficient (Wildman–Crippen LogP) is 4.53. The number of hydrogen-bond acceptors (Lipinski definition) is 6. The molecule has 0 bridgehead atoms. The third-order valence-corrected chi connectivity index (χ3v) is 7.27. The predicted molar refractivity (Wildman–Crippen MR) is 145 cm³/mol. The Morgan fingerprint density at radius 2 is 1.90 bits per heavy atom. The van der Waals surface area contributed by atoms with Crippen molar-refractivity contribution in [2.75, 3.05) is 12.8 Å². The first kappa shape index (κ1) is 26.3. The van der Waals surface area contributed by atoms with Crippen LogP contribution < -0.4 is 5.73 Å². The first-order chi connectivity index (χ1) is 19.6. The van der Waals surface area contributed by atoms with Crippen LogP contribution in [0.3, 0.4) is 0 Å². The number of nitrogens with zero attached hydrogens (tertiary/aromatic N) is 7. The van der Waals surface area contributed by atoms with Gasteiger partial charge in [-0.05, 0) is 43.2 Å². The quantitative estimate of drug-likeness (QED) is 0.304. The Labute approximate surface area is 231 Å². The second kappa shape index (κ2) is 9.91. The number of pyridine rings is 1. The van der Waals surface area contributed by atoms with E-state index >= 15 is 4.39 Å². The van der Waals surface area contributed by atoms with Gasteiger partial charge in [0.15, 0.2) is 0 Å². The molecule has 0 unspecified atom stereocenters. The van der Waals surface area contributed by atoms with E-state index in [-0.39, 0.29) is 35.2 Å². The number of carbonyl (C=O) groups is 2. The van der Waals surface area contributed by atoms with Crippen LogP contribution in [0.1, 0.15) is 35.3 Å². The standard InChI is InChI=1S/C28H25F3N8O2/c1-36-24-19-11-17(7-8-23(19)34-25(32)20(24)13-33-36)27(41)39(37(2)26(40)15-3-4-15)14-18-6-5-16(12-21(18)29)22-9-10-38(35-22)28(30)31/h5-13,15,28H,3-4,14H2,1-2H3,(H2,32,34). The van der Waals surface area contributed by atoms with Crippen molar-refractivity contribution in [1.82, 2.24) is 34.6 Å². The number of amides is 2. The number of carbonyl (C=O) groups excluding carboxylic acids is 2. The molecule has 0 radical (unpaired) electrons. The van der Waals surface area contributed by atoms with Gasteiger partial charge in [0.1, 0.15) is 11.6 Å². The summed E-state index contributed by atoms with van der Waals surface area (Å²) >= 11 is 0. The second-order valence-corrected chi connectivity index (χ2v) is 10.0. The summed E-state index contributed by atoms with van der Waals surface area (Å²) in [5.41, 5.74) is 8.23. The summed E-state index contributed by atoms with van der Waals surface area (Å²) in [6.45, 7) is -3.06. The molecule has 13 heteroatoms. The summed E-state index contributed by atoms with van der Waals surface area (Å²) in [5, 5.41) is 11.8. The third kappa shape index (κ3) is 4.72. The van der Waals surface area contributed by atoms with Gasteiger partial charge < -0.3 is 5.73 Å². The lowest BCUT2D eigenvalue weighted by Gasteiger charge is -2.32. The molecule has 210 valence electrons. The van der Waals surface area contributed by atoms with Crippen LogP contribution in [0.15, 0.2) is 54.9 Å². The van der Waals surface area contributed by atoms with Crippen molar-refractivity contribution in [2.45, 2.75) is 25.9 Å². The number of aryl methyl sites for hydroxylation is 1. The van der Waals surface area contributed by atoms with E-state index in [4.69, 9.17) is 5.73 Å². The van der Waals surface area contributed by atoms with Gasteiger partial charge >= 0.3 is 6.55 Å². The zero-order chi connectivity index (χ0) is 29.0. The van der Waals surface area contributed by atoms with Crippen LogP contribution in [0.2, 0.25) is 0 Å². The minimum absolute atomic E-state index is 0.134. The molecule has 0 atom stereocenters. The third-order valence-electron chi connectivity index (χ3n) is 7.27. The maximum atomic E-state index is 15.3. The Kier molecular flexibility index (Phi) is 6.36. The van der Waals surface area contributed by atoms with Crippen molar-refractivity contribution in [3.63, 3.8) is 0 Å². The normalized spacial score (nSPS) is 13.3. The molecular weight excluding hydrogens is 537 g/mol. The van der Waals surface area contributed by atoms with Gasteiger partial charge in [0, 0.05) is 48.3 Å². The molecule has 3 heterocycles. The number of hydrazine groups is 1. The number of rotatable bonds is 6. The lowest BCUT2D eigenvalue weighted by molar-refractivity contribution is -0.144. The monoisotopic (exact) mass is 562 g/mol. The summed E-state index contributed by atoms with van der Waals surface area (Å²) in [7, 11) is 3.25. The van der Waals surface area contributed by atoms with E-state index in [1.807, 2.05) is 0 Å². The number of nitrogen functional groups attached to an aromatic ring is 1. The van der Waals surface area contributed by atoms with E-state index < -0.39 is 18.3 Å². The number of aromatic nitrogens is 5. The molecule has 2 aromatic carbocycles. The van der Waals surface area contributed by atoms with E-state index in [2.05, 4.69) is 15.2 Å². The highest BCUT2D eigenvalue weighted by Crippen LogP contribution is 2.33. The zero-order valence-electron chi connectivity index (χ0n) is 22.1. The van der Waals surface area contributed by atoms with Crippen molar-refractivity contribution in [1.29, 1.82) is 0 Å². The highest BCUT2D eigenvalue weighted by molar-refractivity contribution is 6.10. The summed E-state index contributed by atoms with van der Waals surface area (Å²) in [5.74, 6) is -1.30. The van der Waals surface area contributed by atoms with Gasteiger partial charge in [0.2, 0.25) is 5.91 Å². The van der Waals surface area contributed by atoms with Crippen LogP contribution >= 0.6 is 0 Å². The van der Waals surface area contributed by atoms with Gasteiger partial charge in [-0.3, -0.25) is 19.3 Å². The summed E-state index contributed by atoms with van der Waals surface area (Å²) < 4.78 is 43.3. The molecule has 3 aromatic heterocycles. The fourth-order valence-corrected chi connectivity index (χ4v) is 4.86. The zero-order valence-corrected chi connectivity index (χ0v) is 22.1. The van der Waals surface area contributed by atoms with Gasteiger partial charge in [0.05, 0.1) is 34.9 Å². The molecule has 0 aliphatic heterocycles. The number of benzene rings is 2. The topological polar surface area (TPSA) is 115 Å². The van der Waals surface area contributed by atoms with Crippen molar-refractivity contribution in [2.24, 2.45) is 13.0 Å². The summed E-state index contributed by atoms with van der Waals surface area (Å²) in [6, 6.07) is 10.4. The molecule has 5 aromatic rings. The maximum absolute atomic E-state index is 15.3. The van der Waals surface area contributed by atoms with Gasteiger partial charge in [0.25, 0.3) is 5.91 Å². The Bertz CT molecular complexity index is 1830. The highest BCUT2D eigenvalue weighted by atomic mass is 19.3. The highest BCUT2D eigenvalue weighted by Gasteiger charge is 2.36. The lowest BCUT2D eigenvalue weighted by Crippen LogP contribution is -2.47. The molecule has 1 saturated carbocycles. The maximum Gasteiger partial charge on any atom is 0.333 e. The molecule has 0 spiro atoms. The molecule has 1 aliphatic carbocycles. The molecule has 1 fully saturated rings. The average Bonchev–Trinajstić information content (AvgIpc) is 3.54. The molecule has 41 heavy (non-hydrogen) atoms. The molecular formula is C28H25F3N8O2.